The predicted molar refractivity (Wildman–Crippen MR) is 115 cm³/mol. The molecular formula is C22H21N3O3S. The normalized spacial score (nSPS) is 25.9. The lowest BCUT2D eigenvalue weighted by atomic mass is 9.68. The van der Waals surface area contributed by atoms with Crippen LogP contribution in [0, 0.1) is 5.41 Å². The van der Waals surface area contributed by atoms with Gasteiger partial charge in [0, 0.05) is 5.92 Å². The number of benzene rings is 2. The summed E-state index contributed by atoms with van der Waals surface area (Å²) in [5, 5.41) is 9.02. The fourth-order valence-corrected chi connectivity index (χ4v) is 4.71. The Labute approximate surface area is 174 Å². The van der Waals surface area contributed by atoms with Gasteiger partial charge >= 0.3 is 5.97 Å². The van der Waals surface area contributed by atoms with E-state index in [0.29, 0.717) is 16.4 Å². The molecule has 0 unspecified atom stereocenters. The Morgan fingerprint density at radius 2 is 1.79 bits per heavy atom. The minimum absolute atomic E-state index is 0.245. The van der Waals surface area contributed by atoms with Gasteiger partial charge in [0.15, 0.2) is 5.41 Å². The van der Waals surface area contributed by atoms with E-state index in [1.807, 2.05) is 60.7 Å². The number of rotatable bonds is 4. The zero-order valence-corrected chi connectivity index (χ0v) is 17.0. The van der Waals surface area contributed by atoms with Crippen LogP contribution in [0.5, 0.6) is 0 Å². The van der Waals surface area contributed by atoms with Gasteiger partial charge in [0.2, 0.25) is 0 Å². The molecule has 148 valence electrons. The summed E-state index contributed by atoms with van der Waals surface area (Å²) < 4.78 is 5.28. The number of para-hydroxylation sites is 1. The molecule has 4 rings (SSSR count). The van der Waals surface area contributed by atoms with Crippen LogP contribution in [0.1, 0.15) is 25.3 Å². The van der Waals surface area contributed by atoms with Crippen LogP contribution < -0.4 is 10.3 Å². The lowest BCUT2D eigenvalue weighted by Gasteiger charge is -2.30. The van der Waals surface area contributed by atoms with Gasteiger partial charge < -0.3 is 10.1 Å². The average Bonchev–Trinajstić information content (AvgIpc) is 3.20. The maximum absolute atomic E-state index is 13.8. The largest absolute Gasteiger partial charge is 0.464 e. The Balaban J connectivity index is 1.86. The van der Waals surface area contributed by atoms with Gasteiger partial charge in [-0.1, -0.05) is 60.7 Å². The first-order chi connectivity index (χ1) is 14.0. The molecule has 0 aliphatic carbocycles. The van der Waals surface area contributed by atoms with E-state index >= 15 is 0 Å². The molecule has 1 saturated heterocycles. The molecule has 2 aromatic carbocycles. The van der Waals surface area contributed by atoms with Crippen LogP contribution in [0.25, 0.3) is 0 Å². The van der Waals surface area contributed by atoms with Crippen LogP contribution in [0.3, 0.4) is 0 Å². The van der Waals surface area contributed by atoms with Crippen LogP contribution in [0.15, 0.2) is 65.8 Å². The topological polar surface area (TPSA) is 71.0 Å². The summed E-state index contributed by atoms with van der Waals surface area (Å²) in [7, 11) is 0. The van der Waals surface area contributed by atoms with Crippen molar-refractivity contribution in [1.82, 2.24) is 5.32 Å². The Bertz CT molecular complexity index is 993. The Morgan fingerprint density at radius 1 is 1.17 bits per heavy atom. The van der Waals surface area contributed by atoms with Gasteiger partial charge in [0.1, 0.15) is 6.04 Å². The zero-order valence-electron chi connectivity index (χ0n) is 16.2. The van der Waals surface area contributed by atoms with Crippen LogP contribution in [-0.2, 0) is 14.3 Å². The van der Waals surface area contributed by atoms with Crippen molar-refractivity contribution in [2.75, 3.05) is 11.6 Å². The molecule has 7 heteroatoms. The third kappa shape index (κ3) is 2.84. The molecule has 6 nitrogen and oxygen atoms in total. The first-order valence-corrected chi connectivity index (χ1v) is 9.90. The minimum Gasteiger partial charge on any atom is -0.464 e. The fourth-order valence-electron chi connectivity index (χ4n) is 4.22. The second-order valence-electron chi connectivity index (χ2n) is 7.04. The molecule has 2 aromatic rings. The molecule has 2 aliphatic rings. The van der Waals surface area contributed by atoms with Crippen molar-refractivity contribution < 1.29 is 14.3 Å². The van der Waals surface area contributed by atoms with Crippen LogP contribution in [-0.4, -0.2) is 35.2 Å². The number of nitrogens with zero attached hydrogens (tertiary/aromatic N) is 2. The van der Waals surface area contributed by atoms with Crippen molar-refractivity contribution in [1.29, 1.82) is 0 Å². The van der Waals surface area contributed by atoms with E-state index in [0.717, 1.165) is 5.56 Å². The number of carbonyl (C=O) groups excluding carboxylic acids is 2. The summed E-state index contributed by atoms with van der Waals surface area (Å²) in [5.74, 6) is -1.25. The molecule has 1 amide bonds. The summed E-state index contributed by atoms with van der Waals surface area (Å²) in [5.41, 5.74) is 0.812. The molecule has 1 spiro atoms. The van der Waals surface area contributed by atoms with Gasteiger partial charge in [0.25, 0.3) is 5.91 Å². The Hall–Kier alpha value is -3.06. The van der Waals surface area contributed by atoms with Gasteiger partial charge in [-0.25, -0.2) is 4.79 Å². The Kier molecular flexibility index (Phi) is 4.92. The molecule has 1 fully saturated rings. The van der Waals surface area contributed by atoms with Crippen molar-refractivity contribution in [3.63, 3.8) is 0 Å². The second-order valence-corrected chi connectivity index (χ2v) is 7.45. The molecule has 0 saturated carbocycles. The van der Waals surface area contributed by atoms with Crippen molar-refractivity contribution in [2.45, 2.75) is 25.8 Å². The van der Waals surface area contributed by atoms with E-state index in [1.165, 1.54) is 5.01 Å². The molecular weight excluding hydrogens is 386 g/mol. The number of hydrogen-bond acceptors (Lipinski definition) is 5. The molecule has 0 aromatic heterocycles. The number of nitrogens with one attached hydrogen (secondary N) is 1. The number of amides is 1. The lowest BCUT2D eigenvalue weighted by molar-refractivity contribution is -0.145. The third-order valence-electron chi connectivity index (χ3n) is 5.49. The summed E-state index contributed by atoms with van der Waals surface area (Å²) >= 11 is 5.66. The summed E-state index contributed by atoms with van der Waals surface area (Å²) in [6.07, 6.45) is 0. The van der Waals surface area contributed by atoms with Crippen molar-refractivity contribution in [2.24, 2.45) is 10.5 Å². The van der Waals surface area contributed by atoms with E-state index in [4.69, 9.17) is 17.0 Å². The maximum atomic E-state index is 13.8. The summed E-state index contributed by atoms with van der Waals surface area (Å²) in [6.45, 7) is 3.79. The predicted octanol–water partition coefficient (Wildman–Crippen LogP) is 3.04. The lowest BCUT2D eigenvalue weighted by Crippen LogP contribution is -2.47. The number of anilines is 1. The van der Waals surface area contributed by atoms with Crippen molar-refractivity contribution in [3.8, 4) is 0 Å². The number of hydrazone groups is 1. The van der Waals surface area contributed by atoms with Gasteiger partial charge in [-0.3, -0.25) is 4.79 Å². The number of thiocarbonyl (C=S) groups is 1. The van der Waals surface area contributed by atoms with E-state index in [9.17, 15) is 9.59 Å². The molecule has 1 N–H and O–H groups in total. The third-order valence-corrected chi connectivity index (χ3v) is 5.93. The summed E-state index contributed by atoms with van der Waals surface area (Å²) in [6, 6.07) is 17.9. The number of carbonyl (C=O) groups is 2. The molecule has 2 heterocycles. The fraction of sp³-hybridized carbons (Fsp3) is 0.273. The highest BCUT2D eigenvalue weighted by molar-refractivity contribution is 7.80. The van der Waals surface area contributed by atoms with E-state index in [1.54, 1.807) is 13.8 Å². The highest BCUT2D eigenvalue weighted by Gasteiger charge is 2.66. The second kappa shape index (κ2) is 7.40. The van der Waals surface area contributed by atoms with Gasteiger partial charge in [-0.2, -0.15) is 10.1 Å². The standard InChI is InChI=1S/C22H21N3O3S/c1-3-28-19(26)18-17(15-10-6-4-7-11-15)22(20(29)23-18)14(2)24-25(21(22)27)16-12-8-5-9-13-16/h4-13,17-18H,3H2,1-2H3,(H,23,29)/t17-,18-,22-/m0/s1. The van der Waals surface area contributed by atoms with Crippen LogP contribution >= 0.6 is 12.2 Å². The first-order valence-electron chi connectivity index (χ1n) is 9.49. The average molecular weight is 407 g/mol. The quantitative estimate of drug-likeness (QED) is 0.623. The SMILES string of the molecule is CCOC(=O)[C@H]1NC(=S)[C@@]2(C(=O)N(c3ccccc3)N=C2C)[C@H]1c1ccccc1. The highest BCUT2D eigenvalue weighted by Crippen LogP contribution is 2.50. The Morgan fingerprint density at radius 3 is 2.41 bits per heavy atom. The van der Waals surface area contributed by atoms with Gasteiger partial charge in [-0.15, -0.1) is 0 Å². The molecule has 2 aliphatic heterocycles. The number of ether oxygens (including phenoxy) is 1. The van der Waals surface area contributed by atoms with E-state index < -0.39 is 23.3 Å². The molecule has 29 heavy (non-hydrogen) atoms. The maximum Gasteiger partial charge on any atom is 0.329 e. The smallest absolute Gasteiger partial charge is 0.329 e. The van der Waals surface area contributed by atoms with Gasteiger partial charge in [0.05, 0.1) is 23.0 Å². The van der Waals surface area contributed by atoms with Crippen LogP contribution in [0.4, 0.5) is 5.69 Å². The molecule has 0 bridgehead atoms. The van der Waals surface area contributed by atoms with Crippen molar-refractivity contribution >= 4 is 40.5 Å². The van der Waals surface area contributed by atoms with Gasteiger partial charge in [-0.05, 0) is 31.5 Å². The zero-order chi connectivity index (χ0) is 20.6. The first kappa shape index (κ1) is 19.3. The highest BCUT2D eigenvalue weighted by atomic mass is 32.1. The number of esters is 1. The summed E-state index contributed by atoms with van der Waals surface area (Å²) in [4.78, 5) is 26.9. The van der Waals surface area contributed by atoms with Crippen molar-refractivity contribution in [3.05, 3.63) is 66.2 Å². The monoisotopic (exact) mass is 407 g/mol. The van der Waals surface area contributed by atoms with E-state index in [2.05, 4.69) is 10.4 Å². The van der Waals surface area contributed by atoms with E-state index in [-0.39, 0.29) is 12.5 Å². The molecule has 3 atom stereocenters. The van der Waals surface area contributed by atoms with Crippen LogP contribution in [0.2, 0.25) is 0 Å². The minimum atomic E-state index is -1.23. The molecule has 0 radical (unpaired) electrons. The number of hydrogen-bond donors (Lipinski definition) is 1.